The highest BCUT2D eigenvalue weighted by Gasteiger charge is 2.18. The summed E-state index contributed by atoms with van der Waals surface area (Å²) in [4.78, 5) is 26.0. The maximum Gasteiger partial charge on any atom is 0.338 e. The van der Waals surface area contributed by atoms with E-state index in [0.717, 1.165) is 23.5 Å². The summed E-state index contributed by atoms with van der Waals surface area (Å²) < 4.78 is 12.4. The van der Waals surface area contributed by atoms with E-state index in [0.29, 0.717) is 17.7 Å². The van der Waals surface area contributed by atoms with Gasteiger partial charge in [-0.3, -0.25) is 4.79 Å². The van der Waals surface area contributed by atoms with Crippen LogP contribution in [0.25, 0.3) is 0 Å². The first-order valence-electron chi connectivity index (χ1n) is 8.97. The minimum absolute atomic E-state index is 0.199. The van der Waals surface area contributed by atoms with E-state index < -0.39 is 5.97 Å². The highest BCUT2D eigenvalue weighted by atomic mass is 32.1. The topological polar surface area (TPSA) is 57.5 Å². The van der Waals surface area contributed by atoms with Gasteiger partial charge in [0, 0.05) is 28.9 Å². The Hall–Kier alpha value is -2.70. The molecule has 2 aromatic heterocycles. The molecule has 0 atom stereocenters. The fourth-order valence-corrected chi connectivity index (χ4v) is 3.77. The van der Waals surface area contributed by atoms with E-state index in [9.17, 15) is 9.59 Å². The van der Waals surface area contributed by atoms with Crippen LogP contribution in [0.5, 0.6) is 0 Å². The number of ether oxygens (including phenoxy) is 2. The fraction of sp³-hybridized carbons (Fsp3) is 0.273. The zero-order chi connectivity index (χ0) is 20.1. The molecule has 0 aliphatic rings. The number of carbonyl (C=O) groups excluding carboxylic acids is 2. The summed E-state index contributed by atoms with van der Waals surface area (Å²) in [5.41, 5.74) is 3.87. The molecule has 1 aromatic carbocycles. The molecule has 0 N–H and O–H groups in total. The van der Waals surface area contributed by atoms with Gasteiger partial charge >= 0.3 is 5.97 Å². The largest absolute Gasteiger partial charge is 0.454 e. The molecule has 3 aromatic rings. The summed E-state index contributed by atoms with van der Waals surface area (Å²) in [6, 6.07) is 12.9. The van der Waals surface area contributed by atoms with Crippen LogP contribution in [-0.2, 0) is 22.6 Å². The molecule has 28 heavy (non-hydrogen) atoms. The molecule has 5 nitrogen and oxygen atoms in total. The quantitative estimate of drug-likeness (QED) is 0.418. The fourth-order valence-electron chi connectivity index (χ4n) is 3.08. The summed E-state index contributed by atoms with van der Waals surface area (Å²) in [5.74, 6) is -0.709. The zero-order valence-electron chi connectivity index (χ0n) is 16.2. The normalized spacial score (nSPS) is 10.8. The van der Waals surface area contributed by atoms with Crippen LogP contribution in [0.15, 0.2) is 47.8 Å². The average molecular weight is 397 g/mol. The number of carbonyl (C=O) groups is 2. The number of thiophene rings is 1. The van der Waals surface area contributed by atoms with Crippen molar-refractivity contribution in [2.24, 2.45) is 0 Å². The molecule has 0 aliphatic carbocycles. The van der Waals surface area contributed by atoms with Gasteiger partial charge in [0.1, 0.15) is 0 Å². The number of aromatic nitrogens is 1. The smallest absolute Gasteiger partial charge is 0.338 e. The number of hydrogen-bond donors (Lipinski definition) is 0. The second kappa shape index (κ2) is 8.99. The molecule has 0 radical (unpaired) electrons. The van der Waals surface area contributed by atoms with Gasteiger partial charge in [0.2, 0.25) is 5.78 Å². The van der Waals surface area contributed by atoms with Crippen LogP contribution >= 0.6 is 11.3 Å². The number of rotatable bonds is 8. The van der Waals surface area contributed by atoms with Crippen LogP contribution in [0, 0.1) is 13.8 Å². The van der Waals surface area contributed by atoms with Crippen LogP contribution in [0.1, 0.15) is 42.5 Å². The number of ketones is 1. The standard InChI is InChI=1S/C22H23NO4S/c1-15-11-20(16(2)23(15)12-19-5-4-10-28-19)21(24)14-27-22(25)18-8-6-17(7-9-18)13-26-3/h4-11H,12-14H2,1-3H3. The van der Waals surface area contributed by atoms with Crippen LogP contribution in [0.4, 0.5) is 0 Å². The molecule has 0 bridgehead atoms. The van der Waals surface area contributed by atoms with E-state index in [-0.39, 0.29) is 12.4 Å². The van der Waals surface area contributed by atoms with E-state index in [1.165, 1.54) is 4.88 Å². The van der Waals surface area contributed by atoms with Gasteiger partial charge < -0.3 is 14.0 Å². The number of Topliss-reactive ketones (excluding diaryl/α,β-unsaturated/α-hetero) is 1. The molecule has 0 spiro atoms. The van der Waals surface area contributed by atoms with Gasteiger partial charge in [-0.25, -0.2) is 4.79 Å². The molecule has 0 saturated carbocycles. The molecule has 0 fully saturated rings. The summed E-state index contributed by atoms with van der Waals surface area (Å²) in [6.07, 6.45) is 0. The maximum atomic E-state index is 12.6. The number of nitrogens with zero attached hydrogens (tertiary/aromatic N) is 1. The first-order valence-corrected chi connectivity index (χ1v) is 9.85. The lowest BCUT2D eigenvalue weighted by atomic mass is 10.1. The predicted octanol–water partition coefficient (Wildman–Crippen LogP) is 4.40. The average Bonchev–Trinajstić information content (AvgIpc) is 3.30. The summed E-state index contributed by atoms with van der Waals surface area (Å²) in [7, 11) is 1.62. The third kappa shape index (κ3) is 4.58. The summed E-state index contributed by atoms with van der Waals surface area (Å²) >= 11 is 1.69. The minimum Gasteiger partial charge on any atom is -0.454 e. The van der Waals surface area contributed by atoms with Gasteiger partial charge in [-0.05, 0) is 49.1 Å². The van der Waals surface area contributed by atoms with Gasteiger partial charge in [-0.1, -0.05) is 18.2 Å². The Labute approximate surface area is 168 Å². The van der Waals surface area contributed by atoms with E-state index in [4.69, 9.17) is 9.47 Å². The molecule has 0 aliphatic heterocycles. The number of benzene rings is 1. The van der Waals surface area contributed by atoms with Gasteiger partial charge in [0.05, 0.1) is 18.7 Å². The first kappa shape index (κ1) is 20.0. The van der Waals surface area contributed by atoms with Crippen molar-refractivity contribution in [1.82, 2.24) is 4.57 Å². The number of methoxy groups -OCH3 is 1. The third-order valence-electron chi connectivity index (χ3n) is 4.60. The molecule has 0 saturated heterocycles. The van der Waals surface area contributed by atoms with Crippen molar-refractivity contribution in [1.29, 1.82) is 0 Å². The predicted molar refractivity (Wildman–Crippen MR) is 109 cm³/mol. The molecule has 2 heterocycles. The van der Waals surface area contributed by atoms with Crippen molar-refractivity contribution in [2.45, 2.75) is 27.0 Å². The Balaban J connectivity index is 1.64. The van der Waals surface area contributed by atoms with Crippen LogP contribution in [-0.4, -0.2) is 30.0 Å². The lowest BCUT2D eigenvalue weighted by Gasteiger charge is -2.09. The molecule has 0 amide bonds. The highest BCUT2D eigenvalue weighted by Crippen LogP contribution is 2.20. The van der Waals surface area contributed by atoms with Crippen molar-refractivity contribution in [3.63, 3.8) is 0 Å². The van der Waals surface area contributed by atoms with Gasteiger partial charge in [0.15, 0.2) is 6.61 Å². The number of aryl methyl sites for hydroxylation is 1. The van der Waals surface area contributed by atoms with Crippen LogP contribution in [0.3, 0.4) is 0 Å². The molecule has 6 heteroatoms. The Morgan fingerprint density at radius 1 is 1.11 bits per heavy atom. The second-order valence-corrected chi connectivity index (χ2v) is 7.61. The monoisotopic (exact) mass is 397 g/mol. The summed E-state index contributed by atoms with van der Waals surface area (Å²) in [6.45, 7) is 4.84. The van der Waals surface area contributed by atoms with Crippen LogP contribution < -0.4 is 0 Å². The first-order chi connectivity index (χ1) is 13.5. The van der Waals surface area contributed by atoms with Crippen molar-refractivity contribution >= 4 is 23.1 Å². The third-order valence-corrected chi connectivity index (χ3v) is 5.46. The van der Waals surface area contributed by atoms with Gasteiger partial charge in [0.25, 0.3) is 0 Å². The molecule has 146 valence electrons. The van der Waals surface area contributed by atoms with E-state index in [2.05, 4.69) is 10.6 Å². The lowest BCUT2D eigenvalue weighted by Crippen LogP contribution is -2.15. The van der Waals surface area contributed by atoms with E-state index in [1.54, 1.807) is 42.7 Å². The molecular formula is C22H23NO4S. The number of esters is 1. The SMILES string of the molecule is COCc1ccc(C(=O)OCC(=O)c2cc(C)n(Cc3cccs3)c2C)cc1. The van der Waals surface area contributed by atoms with Crippen LogP contribution in [0.2, 0.25) is 0 Å². The highest BCUT2D eigenvalue weighted by molar-refractivity contribution is 7.09. The zero-order valence-corrected chi connectivity index (χ0v) is 17.0. The van der Waals surface area contributed by atoms with Crippen molar-refractivity contribution in [3.8, 4) is 0 Å². The maximum absolute atomic E-state index is 12.6. The van der Waals surface area contributed by atoms with Gasteiger partial charge in [-0.2, -0.15) is 0 Å². The van der Waals surface area contributed by atoms with Crippen molar-refractivity contribution in [3.05, 3.63) is 80.8 Å². The molecule has 0 unspecified atom stereocenters. The van der Waals surface area contributed by atoms with Crippen molar-refractivity contribution < 1.29 is 19.1 Å². The Kier molecular flexibility index (Phi) is 6.44. The van der Waals surface area contributed by atoms with E-state index in [1.807, 2.05) is 31.4 Å². The van der Waals surface area contributed by atoms with Crippen molar-refractivity contribution in [2.75, 3.05) is 13.7 Å². The van der Waals surface area contributed by atoms with E-state index >= 15 is 0 Å². The Morgan fingerprint density at radius 3 is 2.50 bits per heavy atom. The minimum atomic E-state index is -0.510. The molecular weight excluding hydrogens is 374 g/mol. The second-order valence-electron chi connectivity index (χ2n) is 6.58. The summed E-state index contributed by atoms with van der Waals surface area (Å²) in [5, 5.41) is 2.04. The Morgan fingerprint density at radius 2 is 1.86 bits per heavy atom. The molecule has 3 rings (SSSR count). The number of hydrogen-bond acceptors (Lipinski definition) is 5. The van der Waals surface area contributed by atoms with Gasteiger partial charge in [-0.15, -0.1) is 11.3 Å². The lowest BCUT2D eigenvalue weighted by molar-refractivity contribution is 0.0474. The Bertz CT molecular complexity index is 955.